The zero-order chi connectivity index (χ0) is 11.8. The number of fused-ring (bicyclic) bond motifs is 1. The van der Waals surface area contributed by atoms with Crippen molar-refractivity contribution in [2.75, 3.05) is 11.5 Å². The Balaban J connectivity index is 2.20. The van der Waals surface area contributed by atoms with Gasteiger partial charge in [-0.15, -0.1) is 11.3 Å². The monoisotopic (exact) mass is 242 g/mol. The van der Waals surface area contributed by atoms with Crippen LogP contribution in [-0.2, 0) is 0 Å². The number of anilines is 2. The molecule has 1 aromatic carbocycles. The molecule has 0 aliphatic rings. The van der Waals surface area contributed by atoms with Gasteiger partial charge in [-0.1, -0.05) is 18.2 Å². The molecule has 0 radical (unpaired) electrons. The molecule has 0 atom stereocenters. The molecule has 0 unspecified atom stereocenters. The van der Waals surface area contributed by atoms with E-state index in [-0.39, 0.29) is 0 Å². The first-order chi connectivity index (χ1) is 8.24. The van der Waals surface area contributed by atoms with Gasteiger partial charge in [0.05, 0.1) is 11.1 Å². The lowest BCUT2D eigenvalue weighted by Gasteiger charge is -2.00. The van der Waals surface area contributed by atoms with Crippen LogP contribution in [-0.4, -0.2) is 9.97 Å². The van der Waals surface area contributed by atoms with Gasteiger partial charge in [0, 0.05) is 4.70 Å². The van der Waals surface area contributed by atoms with Crippen LogP contribution < -0.4 is 11.5 Å². The average molecular weight is 242 g/mol. The first kappa shape index (κ1) is 10.0. The minimum absolute atomic E-state index is 0.340. The molecule has 4 nitrogen and oxygen atoms in total. The normalized spacial score (nSPS) is 10.8. The largest absolute Gasteiger partial charge is 0.382 e. The Morgan fingerprint density at radius 1 is 1.12 bits per heavy atom. The Hall–Kier alpha value is -2.14. The lowest BCUT2D eigenvalue weighted by Crippen LogP contribution is -1.99. The van der Waals surface area contributed by atoms with Crippen molar-refractivity contribution in [3.63, 3.8) is 0 Å². The molecule has 0 saturated heterocycles. The van der Waals surface area contributed by atoms with Crippen LogP contribution >= 0.6 is 11.3 Å². The molecule has 0 saturated carbocycles. The first-order valence-corrected chi connectivity index (χ1v) is 5.92. The van der Waals surface area contributed by atoms with E-state index in [0.717, 1.165) is 4.88 Å². The molecule has 3 aromatic rings. The molecule has 0 amide bonds. The molecule has 0 aliphatic carbocycles. The average Bonchev–Trinajstić information content (AvgIpc) is 2.72. The zero-order valence-electron chi connectivity index (χ0n) is 8.92. The fourth-order valence-corrected chi connectivity index (χ4v) is 2.77. The van der Waals surface area contributed by atoms with Crippen molar-refractivity contribution in [1.82, 2.24) is 9.97 Å². The van der Waals surface area contributed by atoms with Crippen LogP contribution in [0.15, 0.2) is 36.5 Å². The van der Waals surface area contributed by atoms with E-state index in [1.807, 2.05) is 12.1 Å². The number of nitrogens with zero attached hydrogens (tertiary/aromatic N) is 2. The molecule has 2 heterocycles. The molecule has 0 bridgehead atoms. The van der Waals surface area contributed by atoms with Crippen LogP contribution in [0.25, 0.3) is 20.7 Å². The molecule has 5 heteroatoms. The minimum Gasteiger partial charge on any atom is -0.382 e. The molecule has 0 fully saturated rings. The van der Waals surface area contributed by atoms with Gasteiger partial charge in [0.25, 0.3) is 0 Å². The number of nitrogens with two attached hydrogens (primary N) is 2. The Morgan fingerprint density at radius 2 is 1.94 bits per heavy atom. The summed E-state index contributed by atoms with van der Waals surface area (Å²) < 4.78 is 1.21. The highest BCUT2D eigenvalue weighted by Crippen LogP contribution is 2.34. The summed E-state index contributed by atoms with van der Waals surface area (Å²) in [6, 6.07) is 10.2. The van der Waals surface area contributed by atoms with Gasteiger partial charge in [-0.25, -0.2) is 9.97 Å². The number of aromatic nitrogens is 2. The predicted molar refractivity (Wildman–Crippen MR) is 71.7 cm³/mol. The number of rotatable bonds is 1. The van der Waals surface area contributed by atoms with Gasteiger partial charge in [-0.2, -0.15) is 0 Å². The summed E-state index contributed by atoms with van der Waals surface area (Å²) in [5.41, 5.74) is 12.1. The molecular formula is C12H10N4S. The van der Waals surface area contributed by atoms with Crippen LogP contribution in [0.5, 0.6) is 0 Å². The third-order valence-electron chi connectivity index (χ3n) is 2.48. The molecule has 2 aromatic heterocycles. The van der Waals surface area contributed by atoms with E-state index in [1.165, 1.54) is 16.3 Å². The van der Waals surface area contributed by atoms with E-state index >= 15 is 0 Å². The second-order valence-electron chi connectivity index (χ2n) is 3.68. The highest BCUT2D eigenvalue weighted by Gasteiger charge is 2.09. The number of thiophene rings is 1. The lowest BCUT2D eigenvalue weighted by atomic mass is 10.2. The highest BCUT2D eigenvalue weighted by molar-refractivity contribution is 7.22. The number of benzene rings is 1. The Bertz CT molecular complexity index is 657. The van der Waals surface area contributed by atoms with Crippen molar-refractivity contribution in [1.29, 1.82) is 0 Å². The summed E-state index contributed by atoms with van der Waals surface area (Å²) in [7, 11) is 0. The fourth-order valence-electron chi connectivity index (χ4n) is 1.71. The fraction of sp³-hybridized carbons (Fsp3) is 0. The predicted octanol–water partition coefficient (Wildman–Crippen LogP) is 2.52. The van der Waals surface area contributed by atoms with Crippen molar-refractivity contribution < 1.29 is 0 Å². The van der Waals surface area contributed by atoms with E-state index in [2.05, 4.69) is 28.2 Å². The van der Waals surface area contributed by atoms with Gasteiger partial charge in [-0.05, 0) is 17.5 Å². The summed E-state index contributed by atoms with van der Waals surface area (Å²) in [5, 5.41) is 1.19. The van der Waals surface area contributed by atoms with Crippen molar-refractivity contribution >= 4 is 33.1 Å². The summed E-state index contributed by atoms with van der Waals surface area (Å²) in [5.74, 6) is 0.712. The molecule has 17 heavy (non-hydrogen) atoms. The standard InChI is InChI=1S/C12H10N4S/c13-10-6-15-11(12(14)16-10)9-5-7-3-1-2-4-8(7)17-9/h1-6H,(H4,13,14,16). The van der Waals surface area contributed by atoms with Crippen molar-refractivity contribution in [2.45, 2.75) is 0 Å². The Morgan fingerprint density at radius 3 is 2.71 bits per heavy atom. The van der Waals surface area contributed by atoms with E-state index in [0.29, 0.717) is 17.3 Å². The van der Waals surface area contributed by atoms with E-state index in [9.17, 15) is 0 Å². The van der Waals surface area contributed by atoms with Gasteiger partial charge in [-0.3, -0.25) is 0 Å². The summed E-state index contributed by atoms with van der Waals surface area (Å²) in [6.45, 7) is 0. The van der Waals surface area contributed by atoms with E-state index < -0.39 is 0 Å². The van der Waals surface area contributed by atoms with Gasteiger partial charge < -0.3 is 11.5 Å². The zero-order valence-corrected chi connectivity index (χ0v) is 9.74. The third kappa shape index (κ3) is 1.70. The summed E-state index contributed by atoms with van der Waals surface area (Å²) in [4.78, 5) is 9.27. The highest BCUT2D eigenvalue weighted by atomic mass is 32.1. The quantitative estimate of drug-likeness (QED) is 0.687. The Labute approximate surface area is 102 Å². The second-order valence-corrected chi connectivity index (χ2v) is 4.76. The van der Waals surface area contributed by atoms with E-state index in [1.54, 1.807) is 11.3 Å². The topological polar surface area (TPSA) is 77.8 Å². The van der Waals surface area contributed by atoms with Crippen molar-refractivity contribution in [3.05, 3.63) is 36.5 Å². The van der Waals surface area contributed by atoms with Crippen LogP contribution in [0.2, 0.25) is 0 Å². The first-order valence-electron chi connectivity index (χ1n) is 5.11. The summed E-state index contributed by atoms with van der Waals surface area (Å²) in [6.07, 6.45) is 1.52. The number of hydrogen-bond acceptors (Lipinski definition) is 5. The number of nitrogen functional groups attached to an aromatic ring is 2. The maximum Gasteiger partial charge on any atom is 0.153 e. The van der Waals surface area contributed by atoms with Gasteiger partial charge >= 0.3 is 0 Å². The van der Waals surface area contributed by atoms with Gasteiger partial charge in [0.15, 0.2) is 5.82 Å². The molecule has 84 valence electrons. The number of hydrogen-bond donors (Lipinski definition) is 2. The lowest BCUT2D eigenvalue weighted by molar-refractivity contribution is 1.23. The van der Waals surface area contributed by atoms with Crippen molar-refractivity contribution in [3.8, 4) is 10.6 Å². The third-order valence-corrected chi connectivity index (χ3v) is 3.60. The summed E-state index contributed by atoms with van der Waals surface area (Å²) >= 11 is 1.65. The SMILES string of the molecule is Nc1cnc(-c2cc3ccccc3s2)c(N)n1. The molecule has 3 rings (SSSR count). The molecule has 0 aliphatic heterocycles. The molecular weight excluding hydrogens is 232 g/mol. The van der Waals surface area contributed by atoms with Crippen LogP contribution in [0.4, 0.5) is 11.6 Å². The second kappa shape index (κ2) is 3.71. The van der Waals surface area contributed by atoms with Crippen LogP contribution in [0.1, 0.15) is 0 Å². The smallest absolute Gasteiger partial charge is 0.153 e. The van der Waals surface area contributed by atoms with Crippen LogP contribution in [0, 0.1) is 0 Å². The maximum atomic E-state index is 5.83. The van der Waals surface area contributed by atoms with E-state index in [4.69, 9.17) is 11.5 Å². The minimum atomic E-state index is 0.340. The maximum absolute atomic E-state index is 5.83. The molecule has 0 spiro atoms. The van der Waals surface area contributed by atoms with Crippen LogP contribution in [0.3, 0.4) is 0 Å². The molecule has 4 N–H and O–H groups in total. The Kier molecular flexibility index (Phi) is 2.19. The van der Waals surface area contributed by atoms with Crippen molar-refractivity contribution in [2.24, 2.45) is 0 Å². The van der Waals surface area contributed by atoms with Gasteiger partial charge in [0.2, 0.25) is 0 Å². The van der Waals surface area contributed by atoms with Gasteiger partial charge in [0.1, 0.15) is 11.5 Å².